The Morgan fingerprint density at radius 1 is 0.750 bits per heavy atom. The molecule has 0 unspecified atom stereocenters. The van der Waals surface area contributed by atoms with Gasteiger partial charge in [-0.15, -0.1) is 0 Å². The van der Waals surface area contributed by atoms with Gasteiger partial charge in [0.2, 0.25) is 0 Å². The Hall–Kier alpha value is -2.48. The number of benzene rings is 3. The van der Waals surface area contributed by atoms with Crippen LogP contribution in [0.3, 0.4) is 0 Å². The van der Waals surface area contributed by atoms with E-state index >= 15 is 0 Å². The van der Waals surface area contributed by atoms with Gasteiger partial charge in [0.25, 0.3) is 0 Å². The summed E-state index contributed by atoms with van der Waals surface area (Å²) in [5, 5.41) is 10.4. The topological polar surface area (TPSA) is 63.3 Å². The minimum atomic E-state index is -0.968. The lowest BCUT2D eigenvalue weighted by atomic mass is 9.95. The summed E-state index contributed by atoms with van der Waals surface area (Å²) in [5.41, 5.74) is 7.42. The number of carboxylic acid groups (broad SMARTS) is 1. The number of aliphatic carboxylic acids is 1. The van der Waals surface area contributed by atoms with Crippen molar-refractivity contribution in [3.63, 3.8) is 0 Å². The molecule has 4 heteroatoms. The second kappa shape index (κ2) is 9.61. The first-order chi connectivity index (χ1) is 11.7. The van der Waals surface area contributed by atoms with Crippen LogP contribution < -0.4 is 16.3 Å². The molecule has 3 nitrogen and oxygen atoms in total. The predicted molar refractivity (Wildman–Crippen MR) is 103 cm³/mol. The van der Waals surface area contributed by atoms with Crippen molar-refractivity contribution in [1.29, 1.82) is 0 Å². The molecular formula is C20H20NO2P. The van der Waals surface area contributed by atoms with Crippen molar-refractivity contribution in [3.8, 4) is 11.1 Å². The molecule has 122 valence electrons. The number of carbonyl (C=O) groups is 1. The van der Waals surface area contributed by atoms with Crippen LogP contribution in [-0.4, -0.2) is 17.6 Å². The highest BCUT2D eigenvalue weighted by Gasteiger charge is 2.04. The van der Waals surface area contributed by atoms with Crippen molar-refractivity contribution in [2.45, 2.75) is 0 Å². The summed E-state index contributed by atoms with van der Waals surface area (Å²) in [4.78, 5) is 9.24. The van der Waals surface area contributed by atoms with Gasteiger partial charge >= 0.3 is 5.97 Å². The van der Waals surface area contributed by atoms with E-state index in [0.29, 0.717) is 0 Å². The molecule has 0 amide bonds. The van der Waals surface area contributed by atoms with Crippen LogP contribution in [0.5, 0.6) is 0 Å². The third-order valence-corrected chi connectivity index (χ3v) is 4.47. The first-order valence-electron chi connectivity index (χ1n) is 7.58. The highest BCUT2D eigenvalue weighted by atomic mass is 31.1. The Morgan fingerprint density at radius 3 is 1.29 bits per heavy atom. The maximum atomic E-state index is 9.24. The SMILES string of the molecule is NCC(=O)O.c1cc2ccc1-2.c1ccc(Pc2ccccc2)cc1. The fraction of sp³-hybridized carbons (Fsp3) is 0.0500. The molecule has 0 saturated carbocycles. The van der Waals surface area contributed by atoms with Crippen molar-refractivity contribution in [1.82, 2.24) is 0 Å². The zero-order valence-electron chi connectivity index (χ0n) is 13.2. The van der Waals surface area contributed by atoms with Crippen molar-refractivity contribution in [2.24, 2.45) is 5.73 Å². The van der Waals surface area contributed by atoms with Gasteiger partial charge in [0, 0.05) is 0 Å². The molecule has 2 aromatic rings. The van der Waals surface area contributed by atoms with Gasteiger partial charge < -0.3 is 10.8 Å². The smallest absolute Gasteiger partial charge is 0.317 e. The average molecular weight is 337 g/mol. The van der Waals surface area contributed by atoms with Crippen molar-refractivity contribution in [3.05, 3.63) is 84.9 Å². The summed E-state index contributed by atoms with van der Waals surface area (Å²) < 4.78 is 0. The van der Waals surface area contributed by atoms with Gasteiger partial charge in [0.15, 0.2) is 0 Å². The van der Waals surface area contributed by atoms with Crippen molar-refractivity contribution in [2.75, 3.05) is 6.54 Å². The molecule has 3 N–H and O–H groups in total. The summed E-state index contributed by atoms with van der Waals surface area (Å²) in [5.74, 6) is -0.968. The maximum absolute atomic E-state index is 9.24. The third kappa shape index (κ3) is 5.96. The molecule has 0 heterocycles. The molecule has 2 aliphatic carbocycles. The van der Waals surface area contributed by atoms with Crippen LogP contribution >= 0.6 is 8.58 Å². The molecule has 0 aromatic heterocycles. The summed E-state index contributed by atoms with van der Waals surface area (Å²) in [6.07, 6.45) is 0. The van der Waals surface area contributed by atoms with Gasteiger partial charge in [-0.25, -0.2) is 0 Å². The Morgan fingerprint density at radius 2 is 1.08 bits per heavy atom. The van der Waals surface area contributed by atoms with E-state index in [9.17, 15) is 4.79 Å². The van der Waals surface area contributed by atoms with Gasteiger partial charge in [-0.1, -0.05) is 93.5 Å². The normalized spacial score (nSPS) is 9.71. The van der Waals surface area contributed by atoms with Gasteiger partial charge in [0.05, 0.1) is 6.54 Å². The second-order valence-electron chi connectivity index (χ2n) is 5.03. The zero-order valence-corrected chi connectivity index (χ0v) is 14.2. The molecular weight excluding hydrogens is 317 g/mol. The van der Waals surface area contributed by atoms with E-state index in [1.165, 1.54) is 21.7 Å². The van der Waals surface area contributed by atoms with Gasteiger partial charge in [-0.2, -0.15) is 0 Å². The largest absolute Gasteiger partial charge is 0.480 e. The number of nitrogens with two attached hydrogens (primary N) is 1. The van der Waals surface area contributed by atoms with E-state index in [0.717, 1.165) is 8.58 Å². The number of carboxylic acids is 1. The fourth-order valence-corrected chi connectivity index (χ4v) is 2.92. The quantitative estimate of drug-likeness (QED) is 0.565. The van der Waals surface area contributed by atoms with Crippen LogP contribution in [0.1, 0.15) is 0 Å². The Bertz CT molecular complexity index is 685. The monoisotopic (exact) mass is 337 g/mol. The van der Waals surface area contributed by atoms with Crippen LogP contribution in [0.4, 0.5) is 0 Å². The highest BCUT2D eigenvalue weighted by molar-refractivity contribution is 7.55. The van der Waals surface area contributed by atoms with E-state index < -0.39 is 5.97 Å². The lowest BCUT2D eigenvalue weighted by Crippen LogP contribution is -2.10. The molecule has 24 heavy (non-hydrogen) atoms. The van der Waals surface area contributed by atoms with Crippen molar-refractivity contribution < 1.29 is 9.90 Å². The summed E-state index contributed by atoms with van der Waals surface area (Å²) in [7, 11) is 0.777. The first-order valence-corrected chi connectivity index (χ1v) is 8.58. The molecule has 0 bridgehead atoms. The van der Waals surface area contributed by atoms with Crippen LogP contribution in [-0.2, 0) is 4.79 Å². The number of hydrogen-bond donors (Lipinski definition) is 2. The van der Waals surface area contributed by atoms with Gasteiger partial charge in [-0.05, 0) is 21.7 Å². The van der Waals surface area contributed by atoms with E-state index in [2.05, 4.69) is 90.7 Å². The Kier molecular flexibility index (Phi) is 7.16. The Labute approximate surface area is 143 Å². The van der Waals surface area contributed by atoms with Crippen molar-refractivity contribution >= 4 is 25.2 Å². The molecule has 0 spiro atoms. The minimum Gasteiger partial charge on any atom is -0.480 e. The van der Waals surface area contributed by atoms with E-state index in [-0.39, 0.29) is 6.54 Å². The number of rotatable bonds is 3. The summed E-state index contributed by atoms with van der Waals surface area (Å²) >= 11 is 0. The van der Waals surface area contributed by atoms with Gasteiger partial charge in [-0.3, -0.25) is 4.79 Å². The highest BCUT2D eigenvalue weighted by Crippen LogP contribution is 2.29. The summed E-state index contributed by atoms with van der Waals surface area (Å²) in [6.45, 7) is -0.278. The van der Waals surface area contributed by atoms with Crippen LogP contribution in [0.2, 0.25) is 0 Å². The third-order valence-electron chi connectivity index (χ3n) is 3.23. The molecule has 4 rings (SSSR count). The van der Waals surface area contributed by atoms with E-state index in [4.69, 9.17) is 5.11 Å². The van der Waals surface area contributed by atoms with E-state index in [1.807, 2.05) is 0 Å². The van der Waals surface area contributed by atoms with E-state index in [1.54, 1.807) is 0 Å². The average Bonchev–Trinajstić information content (AvgIpc) is 2.61. The fourth-order valence-electron chi connectivity index (χ4n) is 1.87. The zero-order chi connectivity index (χ0) is 17.2. The number of fused-ring (bicyclic) bond motifs is 1. The van der Waals surface area contributed by atoms with Gasteiger partial charge in [0.1, 0.15) is 0 Å². The second-order valence-corrected chi connectivity index (χ2v) is 6.44. The molecule has 2 aromatic carbocycles. The minimum absolute atomic E-state index is 0.278. The first kappa shape index (κ1) is 17.9. The van der Waals surface area contributed by atoms with Crippen LogP contribution in [0, 0.1) is 0 Å². The summed E-state index contributed by atoms with van der Waals surface area (Å²) in [6, 6.07) is 29.6. The maximum Gasteiger partial charge on any atom is 0.317 e. The molecule has 0 atom stereocenters. The Balaban J connectivity index is 0.000000156. The van der Waals surface area contributed by atoms with Crippen LogP contribution in [0.25, 0.3) is 11.1 Å². The lowest BCUT2D eigenvalue weighted by Gasteiger charge is -2.10. The molecule has 0 radical (unpaired) electrons. The van der Waals surface area contributed by atoms with Crippen LogP contribution in [0.15, 0.2) is 84.9 Å². The standard InChI is InChI=1S/C12H11P.C6H4.C2H5NO2/c1-3-7-11(8-4-1)13-12-9-5-2-6-10-12;1-2-6-4-3-5(1)6;3-1-2(4)5/h1-10,13H;1-4H;1,3H2,(H,4,5). The molecule has 0 fully saturated rings. The molecule has 2 aliphatic rings. The molecule has 0 saturated heterocycles. The predicted octanol–water partition coefficient (Wildman–Crippen LogP) is 3.01. The molecule has 0 aliphatic heterocycles. The number of hydrogen-bond acceptors (Lipinski definition) is 2. The lowest BCUT2D eigenvalue weighted by molar-refractivity contribution is -0.135.